The first kappa shape index (κ1) is 20.3. The lowest BCUT2D eigenvalue weighted by Crippen LogP contribution is -2.29. The van der Waals surface area contributed by atoms with Crippen LogP contribution in [0.5, 0.6) is 17.2 Å². The van der Waals surface area contributed by atoms with Gasteiger partial charge in [0.2, 0.25) is 0 Å². The van der Waals surface area contributed by atoms with Crippen molar-refractivity contribution in [1.29, 1.82) is 0 Å². The first-order valence-electron chi connectivity index (χ1n) is 11.8. The average Bonchev–Trinajstić information content (AvgIpc) is 3.30. The minimum atomic E-state index is 0.155. The zero-order chi connectivity index (χ0) is 21.2. The maximum absolute atomic E-state index is 10.3. The molecule has 3 aliphatic rings. The maximum Gasteiger partial charge on any atom is 0.160 e. The van der Waals surface area contributed by atoms with E-state index in [1.165, 1.54) is 44.1 Å². The number of phenolic OH excluding ortho intramolecular Hbond substituents is 1. The Morgan fingerprint density at radius 2 is 1.94 bits per heavy atom. The van der Waals surface area contributed by atoms with Crippen molar-refractivity contribution in [2.75, 3.05) is 19.0 Å². The third-order valence-corrected chi connectivity index (χ3v) is 7.42. The van der Waals surface area contributed by atoms with Crippen LogP contribution >= 0.6 is 0 Å². The van der Waals surface area contributed by atoms with Crippen molar-refractivity contribution in [2.24, 2.45) is 11.8 Å². The van der Waals surface area contributed by atoms with Crippen molar-refractivity contribution < 1.29 is 14.6 Å². The van der Waals surface area contributed by atoms with Crippen LogP contribution in [0.25, 0.3) is 0 Å². The Bertz CT molecular complexity index is 947. The number of hydrogen-bond donors (Lipinski definition) is 2. The number of fused-ring (bicyclic) bond motifs is 3. The van der Waals surface area contributed by atoms with Crippen LogP contribution in [0.15, 0.2) is 48.6 Å². The fourth-order valence-electron chi connectivity index (χ4n) is 5.71. The van der Waals surface area contributed by atoms with Crippen molar-refractivity contribution in [2.45, 2.75) is 56.9 Å². The molecule has 3 unspecified atom stereocenters. The van der Waals surface area contributed by atoms with Crippen LogP contribution in [0.4, 0.5) is 5.69 Å². The summed E-state index contributed by atoms with van der Waals surface area (Å²) in [5.74, 6) is 3.32. The molecule has 2 aromatic rings. The fraction of sp³-hybridized carbons (Fsp3) is 0.481. The van der Waals surface area contributed by atoms with Gasteiger partial charge in [-0.05, 0) is 66.1 Å². The first-order valence-corrected chi connectivity index (χ1v) is 11.8. The molecule has 4 nitrogen and oxygen atoms in total. The fourth-order valence-corrected chi connectivity index (χ4v) is 5.71. The number of hydrogen-bond acceptors (Lipinski definition) is 4. The van der Waals surface area contributed by atoms with Gasteiger partial charge in [-0.3, -0.25) is 0 Å². The third-order valence-electron chi connectivity index (χ3n) is 7.42. The van der Waals surface area contributed by atoms with E-state index >= 15 is 0 Å². The molecular formula is C27H33NO3. The van der Waals surface area contributed by atoms with Crippen LogP contribution in [-0.2, 0) is 0 Å². The van der Waals surface area contributed by atoms with Crippen LogP contribution in [0.3, 0.4) is 0 Å². The molecule has 4 heteroatoms. The first-order chi connectivity index (χ1) is 15.2. The number of rotatable bonds is 6. The molecule has 2 N–H and O–H groups in total. The molecule has 0 radical (unpaired) electrons. The smallest absolute Gasteiger partial charge is 0.160 e. The van der Waals surface area contributed by atoms with E-state index in [9.17, 15) is 5.11 Å². The van der Waals surface area contributed by atoms with E-state index in [0.29, 0.717) is 17.6 Å². The minimum Gasteiger partial charge on any atom is -0.504 e. The number of nitrogens with one attached hydrogen (secondary N) is 1. The van der Waals surface area contributed by atoms with Crippen molar-refractivity contribution >= 4 is 5.69 Å². The van der Waals surface area contributed by atoms with Crippen molar-refractivity contribution in [3.05, 3.63) is 59.7 Å². The standard InChI is InChI=1S/C27H33NO3/c1-30-26-13-10-19(16-25(26)29)27-22-9-5-8-21(22)23-17-20(11-12-24(23)28-27)31-15-14-18-6-3-2-4-7-18/h5,8,10-13,16-18,21-22,27-29H,2-4,6-7,9,14-15H2,1H3. The summed E-state index contributed by atoms with van der Waals surface area (Å²) in [6.45, 7) is 0.814. The van der Waals surface area contributed by atoms with Gasteiger partial charge in [-0.25, -0.2) is 0 Å². The minimum absolute atomic E-state index is 0.155. The highest BCUT2D eigenvalue weighted by Gasteiger charge is 2.38. The summed E-state index contributed by atoms with van der Waals surface area (Å²) in [6.07, 6.45) is 13.7. The number of ether oxygens (including phenoxy) is 2. The molecule has 1 saturated carbocycles. The van der Waals surface area contributed by atoms with Gasteiger partial charge in [0, 0.05) is 11.6 Å². The predicted molar refractivity (Wildman–Crippen MR) is 124 cm³/mol. The molecule has 0 bridgehead atoms. The van der Waals surface area contributed by atoms with Gasteiger partial charge in [0.1, 0.15) is 5.75 Å². The zero-order valence-corrected chi connectivity index (χ0v) is 18.3. The van der Waals surface area contributed by atoms with E-state index in [-0.39, 0.29) is 11.8 Å². The van der Waals surface area contributed by atoms with Gasteiger partial charge in [-0.2, -0.15) is 0 Å². The SMILES string of the molecule is COc1ccc(C2Nc3ccc(OCCC4CCCCC4)cc3C3C=CCC32)cc1O. The molecule has 2 aliphatic carbocycles. The zero-order valence-electron chi connectivity index (χ0n) is 18.3. The van der Waals surface area contributed by atoms with Crippen LogP contribution in [-0.4, -0.2) is 18.8 Å². The number of aromatic hydroxyl groups is 1. The van der Waals surface area contributed by atoms with Gasteiger partial charge in [0.15, 0.2) is 11.5 Å². The largest absolute Gasteiger partial charge is 0.504 e. The Balaban J connectivity index is 1.32. The highest BCUT2D eigenvalue weighted by Crippen LogP contribution is 2.51. The Morgan fingerprint density at radius 1 is 1.06 bits per heavy atom. The number of benzene rings is 2. The Hall–Kier alpha value is -2.62. The molecule has 164 valence electrons. The van der Waals surface area contributed by atoms with E-state index in [1.807, 2.05) is 12.1 Å². The Labute approximate surface area is 185 Å². The second-order valence-corrected chi connectivity index (χ2v) is 9.30. The second kappa shape index (κ2) is 8.86. The highest BCUT2D eigenvalue weighted by molar-refractivity contribution is 5.62. The lowest BCUT2D eigenvalue weighted by Gasteiger charge is -2.37. The summed E-state index contributed by atoms with van der Waals surface area (Å²) < 4.78 is 11.4. The number of phenols is 1. The maximum atomic E-state index is 10.3. The number of allylic oxidation sites excluding steroid dienone is 2. The molecule has 0 amide bonds. The predicted octanol–water partition coefficient (Wildman–Crippen LogP) is 6.58. The monoisotopic (exact) mass is 419 g/mol. The molecule has 1 heterocycles. The second-order valence-electron chi connectivity index (χ2n) is 9.30. The molecule has 0 saturated heterocycles. The lowest BCUT2D eigenvalue weighted by atomic mass is 9.77. The Kier molecular flexibility index (Phi) is 5.80. The Morgan fingerprint density at radius 3 is 2.74 bits per heavy atom. The van der Waals surface area contributed by atoms with Gasteiger partial charge in [0.25, 0.3) is 0 Å². The lowest BCUT2D eigenvalue weighted by molar-refractivity contribution is 0.246. The van der Waals surface area contributed by atoms with E-state index in [0.717, 1.165) is 35.9 Å². The topological polar surface area (TPSA) is 50.7 Å². The molecule has 5 rings (SSSR count). The van der Waals surface area contributed by atoms with E-state index in [2.05, 4.69) is 41.7 Å². The normalized spacial score (nSPS) is 24.9. The van der Waals surface area contributed by atoms with Crippen LogP contribution < -0.4 is 14.8 Å². The summed E-state index contributed by atoms with van der Waals surface area (Å²) in [6, 6.07) is 12.4. The molecule has 1 fully saturated rings. The van der Waals surface area contributed by atoms with Crippen LogP contribution in [0, 0.1) is 11.8 Å². The van der Waals surface area contributed by atoms with E-state index in [1.54, 1.807) is 7.11 Å². The summed E-state index contributed by atoms with van der Waals surface area (Å²) in [4.78, 5) is 0. The molecular weight excluding hydrogens is 386 g/mol. The summed E-state index contributed by atoms with van der Waals surface area (Å²) in [5, 5.41) is 14.0. The van der Waals surface area contributed by atoms with Gasteiger partial charge in [-0.1, -0.05) is 50.3 Å². The number of methoxy groups -OCH3 is 1. The van der Waals surface area contributed by atoms with Gasteiger partial charge < -0.3 is 19.9 Å². The summed E-state index contributed by atoms with van der Waals surface area (Å²) >= 11 is 0. The molecule has 0 spiro atoms. The molecule has 0 aromatic heterocycles. The van der Waals surface area contributed by atoms with Crippen molar-refractivity contribution in [3.63, 3.8) is 0 Å². The molecule has 3 atom stereocenters. The van der Waals surface area contributed by atoms with Gasteiger partial charge >= 0.3 is 0 Å². The summed E-state index contributed by atoms with van der Waals surface area (Å²) in [7, 11) is 1.58. The summed E-state index contributed by atoms with van der Waals surface area (Å²) in [5.41, 5.74) is 3.58. The highest BCUT2D eigenvalue weighted by atomic mass is 16.5. The molecule has 2 aromatic carbocycles. The average molecular weight is 420 g/mol. The van der Waals surface area contributed by atoms with Crippen molar-refractivity contribution in [1.82, 2.24) is 0 Å². The van der Waals surface area contributed by atoms with Crippen LogP contribution in [0.1, 0.15) is 68.0 Å². The van der Waals surface area contributed by atoms with Gasteiger partial charge in [-0.15, -0.1) is 0 Å². The van der Waals surface area contributed by atoms with Crippen molar-refractivity contribution in [3.8, 4) is 17.2 Å². The van der Waals surface area contributed by atoms with Gasteiger partial charge in [0.05, 0.1) is 19.8 Å². The molecule has 31 heavy (non-hydrogen) atoms. The number of anilines is 1. The third kappa shape index (κ3) is 4.13. The quantitative estimate of drug-likeness (QED) is 0.520. The van der Waals surface area contributed by atoms with E-state index in [4.69, 9.17) is 9.47 Å². The molecule has 1 aliphatic heterocycles. The van der Waals surface area contributed by atoms with E-state index < -0.39 is 0 Å². The van der Waals surface area contributed by atoms with Crippen LogP contribution in [0.2, 0.25) is 0 Å².